The quantitative estimate of drug-likeness (QED) is 0.180. The molecule has 0 saturated carbocycles. The summed E-state index contributed by atoms with van der Waals surface area (Å²) in [5.74, 6) is -0.287. The van der Waals surface area contributed by atoms with Gasteiger partial charge in [-0.25, -0.2) is 4.79 Å². The highest BCUT2D eigenvalue weighted by Crippen LogP contribution is 2.11. The van der Waals surface area contributed by atoms with Crippen molar-refractivity contribution in [1.82, 2.24) is 9.55 Å². The zero-order chi connectivity index (χ0) is 20.8. The number of carbonyl (C=O) groups excluding carboxylic acids is 1. The van der Waals surface area contributed by atoms with Crippen molar-refractivity contribution in [2.75, 3.05) is 6.61 Å². The van der Waals surface area contributed by atoms with Crippen LogP contribution in [0.15, 0.2) is 23.0 Å². The summed E-state index contributed by atoms with van der Waals surface area (Å²) in [6.45, 7) is 8.73. The Morgan fingerprint density at radius 3 is 2.25 bits per heavy atom. The molecular formula is C22H36N2O3S. The Hall–Kier alpha value is -1.69. The second-order valence-corrected chi connectivity index (χ2v) is 7.82. The minimum Gasteiger partial charge on any atom is -0.462 e. The molecule has 158 valence electrons. The van der Waals surface area contributed by atoms with Crippen LogP contribution >= 0.6 is 12.2 Å². The zero-order valence-corrected chi connectivity index (χ0v) is 18.4. The molecule has 0 atom stereocenters. The Labute approximate surface area is 174 Å². The average molecular weight is 409 g/mol. The van der Waals surface area contributed by atoms with Crippen LogP contribution in [0.25, 0.3) is 0 Å². The van der Waals surface area contributed by atoms with E-state index in [0.29, 0.717) is 17.0 Å². The maximum absolute atomic E-state index is 11.6. The Morgan fingerprint density at radius 2 is 1.68 bits per heavy atom. The lowest BCUT2D eigenvalue weighted by molar-refractivity contribution is -0.139. The summed E-state index contributed by atoms with van der Waals surface area (Å²) < 4.78 is 7.71. The lowest BCUT2D eigenvalue weighted by Crippen LogP contribution is -2.17. The van der Waals surface area contributed by atoms with Gasteiger partial charge in [-0.15, -0.1) is 0 Å². The van der Waals surface area contributed by atoms with E-state index in [9.17, 15) is 9.59 Å². The summed E-state index contributed by atoms with van der Waals surface area (Å²) in [7, 11) is 0. The van der Waals surface area contributed by atoms with E-state index in [1.807, 2.05) is 0 Å². The van der Waals surface area contributed by atoms with Crippen molar-refractivity contribution >= 4 is 18.2 Å². The molecule has 0 unspecified atom stereocenters. The van der Waals surface area contributed by atoms with E-state index in [1.54, 1.807) is 13.0 Å². The molecule has 0 aliphatic carbocycles. The van der Waals surface area contributed by atoms with Crippen LogP contribution in [0.3, 0.4) is 0 Å². The summed E-state index contributed by atoms with van der Waals surface area (Å²) >= 11 is 5.32. The summed E-state index contributed by atoms with van der Waals surface area (Å²) in [4.78, 5) is 25.6. The Kier molecular flexibility index (Phi) is 12.5. The smallest absolute Gasteiger partial charge is 0.333 e. The summed E-state index contributed by atoms with van der Waals surface area (Å²) in [6.07, 6.45) is 12.4. The molecule has 1 rings (SSSR count). The summed E-state index contributed by atoms with van der Waals surface area (Å²) in [6, 6.07) is 1.68. The molecule has 0 bridgehead atoms. The Bertz CT molecular complexity index is 721. The lowest BCUT2D eigenvalue weighted by atomic mass is 10.1. The first-order valence-electron chi connectivity index (χ1n) is 10.6. The van der Waals surface area contributed by atoms with Crippen LogP contribution in [-0.2, 0) is 22.5 Å². The van der Waals surface area contributed by atoms with Gasteiger partial charge in [-0.05, 0) is 38.4 Å². The van der Waals surface area contributed by atoms with Gasteiger partial charge >= 0.3 is 5.97 Å². The van der Waals surface area contributed by atoms with Crippen LogP contribution in [-0.4, -0.2) is 22.1 Å². The van der Waals surface area contributed by atoms with E-state index in [4.69, 9.17) is 17.0 Å². The number of unbranched alkanes of at least 4 members (excludes halogenated alkanes) is 8. The van der Waals surface area contributed by atoms with Gasteiger partial charge in [-0.1, -0.05) is 64.9 Å². The minimum atomic E-state index is -0.287. The van der Waals surface area contributed by atoms with E-state index in [2.05, 4.69) is 23.1 Å². The summed E-state index contributed by atoms with van der Waals surface area (Å²) in [5.41, 5.74) is 1.41. The fraction of sp³-hybridized carbons (Fsp3) is 0.682. The SMILES string of the molecule is C=C(C)C(=O)OCCCCCCCCCCCn1c(CCC)cc(=O)[nH]c1=S. The molecule has 0 aliphatic rings. The maximum atomic E-state index is 11.6. The number of aryl methyl sites for hydroxylation is 1. The van der Waals surface area contributed by atoms with Gasteiger partial charge < -0.3 is 9.30 Å². The van der Waals surface area contributed by atoms with Gasteiger partial charge in [0.15, 0.2) is 4.77 Å². The van der Waals surface area contributed by atoms with Gasteiger partial charge in [0.1, 0.15) is 0 Å². The molecule has 0 fully saturated rings. The van der Waals surface area contributed by atoms with E-state index in [1.165, 1.54) is 38.5 Å². The summed E-state index contributed by atoms with van der Waals surface area (Å²) in [5, 5.41) is 0. The fourth-order valence-electron chi connectivity index (χ4n) is 3.17. The maximum Gasteiger partial charge on any atom is 0.333 e. The van der Waals surface area contributed by atoms with Crippen LogP contribution in [0.1, 0.15) is 83.7 Å². The molecule has 0 aromatic carbocycles. The van der Waals surface area contributed by atoms with Crippen molar-refractivity contribution in [1.29, 1.82) is 0 Å². The molecule has 1 aromatic rings. The molecule has 6 heteroatoms. The van der Waals surface area contributed by atoms with Crippen molar-refractivity contribution in [2.24, 2.45) is 0 Å². The third-order valence-corrected chi connectivity index (χ3v) is 5.06. The Balaban J connectivity index is 2.07. The largest absolute Gasteiger partial charge is 0.462 e. The average Bonchev–Trinajstić information content (AvgIpc) is 2.64. The van der Waals surface area contributed by atoms with Gasteiger partial charge in [0.25, 0.3) is 5.56 Å². The number of hydrogen-bond acceptors (Lipinski definition) is 4. The van der Waals surface area contributed by atoms with Gasteiger partial charge in [-0.2, -0.15) is 0 Å². The number of aromatic amines is 1. The molecule has 0 amide bonds. The molecule has 0 radical (unpaired) electrons. The molecule has 0 aliphatic heterocycles. The number of H-pyrrole nitrogens is 1. The Morgan fingerprint density at radius 1 is 1.11 bits per heavy atom. The first-order valence-corrected chi connectivity index (χ1v) is 11.0. The van der Waals surface area contributed by atoms with E-state index < -0.39 is 0 Å². The number of rotatable bonds is 15. The number of ether oxygens (including phenoxy) is 1. The van der Waals surface area contributed by atoms with Crippen LogP contribution in [0.5, 0.6) is 0 Å². The topological polar surface area (TPSA) is 64.1 Å². The predicted molar refractivity (Wildman–Crippen MR) is 117 cm³/mol. The number of hydrogen-bond donors (Lipinski definition) is 1. The fourth-order valence-corrected chi connectivity index (χ4v) is 3.48. The van der Waals surface area contributed by atoms with Crippen molar-refractivity contribution in [3.8, 4) is 0 Å². The minimum absolute atomic E-state index is 0.0984. The molecule has 0 spiro atoms. The first-order chi connectivity index (χ1) is 13.5. The highest BCUT2D eigenvalue weighted by atomic mass is 32.1. The first kappa shape index (κ1) is 24.3. The van der Waals surface area contributed by atoms with Gasteiger partial charge in [0.2, 0.25) is 0 Å². The van der Waals surface area contributed by atoms with Gasteiger partial charge in [0.05, 0.1) is 6.61 Å². The second-order valence-electron chi connectivity index (χ2n) is 7.43. The molecular weight excluding hydrogens is 372 g/mol. The number of nitrogens with zero attached hydrogens (tertiary/aromatic N) is 1. The van der Waals surface area contributed by atoms with Gasteiger partial charge in [0, 0.05) is 23.9 Å². The molecule has 5 nitrogen and oxygen atoms in total. The monoisotopic (exact) mass is 408 g/mol. The van der Waals surface area contributed by atoms with E-state index in [0.717, 1.165) is 44.3 Å². The zero-order valence-electron chi connectivity index (χ0n) is 17.6. The highest BCUT2D eigenvalue weighted by molar-refractivity contribution is 7.71. The normalized spacial score (nSPS) is 10.8. The molecule has 1 aromatic heterocycles. The standard InChI is InChI=1S/C22H36N2O3S/c1-4-14-19-17-20(25)23-22(28)24(19)15-12-10-8-6-5-7-9-11-13-16-27-21(26)18(2)3/h17H,2,4-16H2,1,3H3,(H,23,25,28). The lowest BCUT2D eigenvalue weighted by Gasteiger charge is -2.12. The van der Waals surface area contributed by atoms with E-state index >= 15 is 0 Å². The second kappa shape index (κ2) is 14.3. The molecule has 1 heterocycles. The molecule has 0 saturated heterocycles. The van der Waals surface area contributed by atoms with Crippen molar-refractivity contribution < 1.29 is 9.53 Å². The van der Waals surface area contributed by atoms with Gasteiger partial charge in [-0.3, -0.25) is 9.78 Å². The third-order valence-electron chi connectivity index (χ3n) is 4.73. The number of esters is 1. The number of nitrogens with one attached hydrogen (secondary N) is 1. The van der Waals surface area contributed by atoms with Crippen LogP contribution < -0.4 is 5.56 Å². The van der Waals surface area contributed by atoms with E-state index in [-0.39, 0.29) is 11.5 Å². The van der Waals surface area contributed by atoms with Crippen LogP contribution in [0.2, 0.25) is 0 Å². The van der Waals surface area contributed by atoms with Crippen molar-refractivity contribution in [3.63, 3.8) is 0 Å². The van der Waals surface area contributed by atoms with Crippen LogP contribution in [0, 0.1) is 4.77 Å². The highest BCUT2D eigenvalue weighted by Gasteiger charge is 2.04. The van der Waals surface area contributed by atoms with Crippen LogP contribution in [0.4, 0.5) is 0 Å². The molecule has 1 N–H and O–H groups in total. The number of carbonyl (C=O) groups is 1. The van der Waals surface area contributed by atoms with Crippen molar-refractivity contribution in [3.05, 3.63) is 39.0 Å². The van der Waals surface area contributed by atoms with Crippen molar-refractivity contribution in [2.45, 2.75) is 91.0 Å². The number of aromatic nitrogens is 2. The molecule has 28 heavy (non-hydrogen) atoms. The predicted octanol–water partition coefficient (Wildman–Crippen LogP) is 5.49. The third kappa shape index (κ3) is 10.0.